The maximum Gasteiger partial charge on any atom is 0.258 e. The van der Waals surface area contributed by atoms with E-state index in [0.717, 1.165) is 10.5 Å². The molecule has 0 saturated heterocycles. The van der Waals surface area contributed by atoms with Gasteiger partial charge in [-0.15, -0.1) is 0 Å². The van der Waals surface area contributed by atoms with E-state index in [4.69, 9.17) is 0 Å². The summed E-state index contributed by atoms with van der Waals surface area (Å²) in [4.78, 5) is 47.6. The van der Waals surface area contributed by atoms with Crippen LogP contribution in [0.1, 0.15) is 25.8 Å². The van der Waals surface area contributed by atoms with Crippen molar-refractivity contribution in [3.63, 3.8) is 0 Å². The Morgan fingerprint density at radius 3 is 1.89 bits per heavy atom. The molecule has 4 amide bonds. The van der Waals surface area contributed by atoms with Crippen LogP contribution in [0.25, 0.3) is 0 Å². The van der Waals surface area contributed by atoms with Crippen molar-refractivity contribution in [2.75, 3.05) is 9.80 Å². The molecule has 6 nitrogen and oxygen atoms in total. The number of anilines is 2. The van der Waals surface area contributed by atoms with Crippen molar-refractivity contribution < 1.29 is 19.2 Å². The van der Waals surface area contributed by atoms with E-state index >= 15 is 0 Å². The summed E-state index contributed by atoms with van der Waals surface area (Å²) < 4.78 is 0. The summed E-state index contributed by atoms with van der Waals surface area (Å²) in [6.45, 7) is 5.08. The molecule has 0 bridgehead atoms. The molecule has 0 spiro atoms. The van der Waals surface area contributed by atoms with Gasteiger partial charge in [0.1, 0.15) is 0 Å². The van der Waals surface area contributed by atoms with Crippen LogP contribution in [0.3, 0.4) is 0 Å². The van der Waals surface area contributed by atoms with Gasteiger partial charge in [-0.1, -0.05) is 42.8 Å². The lowest BCUT2D eigenvalue weighted by molar-refractivity contribution is -0.125. The standard InChI is InChI=1S/C11H9NO2.C11H13NO2/c1-8-2-4-9(5-3-8)12-10(13)6-7-11(12)14;1-3-11(14)12(9(2)13)10-7-5-4-6-8-10/h2-7H,1H3;4-8H,3H2,1-2H3. The molecule has 0 fully saturated rings. The summed E-state index contributed by atoms with van der Waals surface area (Å²) >= 11 is 0. The maximum atomic E-state index is 11.5. The van der Waals surface area contributed by atoms with Crippen LogP contribution < -0.4 is 9.80 Å². The summed E-state index contributed by atoms with van der Waals surface area (Å²) in [5, 5.41) is 0. The second-order valence-corrected chi connectivity index (χ2v) is 6.12. The number of nitrogens with zero attached hydrogens (tertiary/aromatic N) is 2. The predicted octanol–water partition coefficient (Wildman–Crippen LogP) is 3.40. The highest BCUT2D eigenvalue weighted by Crippen LogP contribution is 2.19. The van der Waals surface area contributed by atoms with E-state index in [1.54, 1.807) is 43.3 Å². The Balaban J connectivity index is 0.000000200. The Hall–Kier alpha value is -3.54. The highest BCUT2D eigenvalue weighted by atomic mass is 16.2. The predicted molar refractivity (Wildman–Crippen MR) is 108 cm³/mol. The Kier molecular flexibility index (Phi) is 6.98. The molecular formula is C22H22N2O4. The third-order valence-corrected chi connectivity index (χ3v) is 3.98. The van der Waals surface area contributed by atoms with Gasteiger partial charge in [0.2, 0.25) is 11.8 Å². The lowest BCUT2D eigenvalue weighted by Crippen LogP contribution is -2.34. The van der Waals surface area contributed by atoms with Crippen molar-refractivity contribution in [1.82, 2.24) is 0 Å². The number of carbonyl (C=O) groups is 4. The van der Waals surface area contributed by atoms with Crippen molar-refractivity contribution in [3.05, 3.63) is 72.3 Å². The average molecular weight is 378 g/mol. The van der Waals surface area contributed by atoms with Crippen LogP contribution in [0.4, 0.5) is 11.4 Å². The van der Waals surface area contributed by atoms with Gasteiger partial charge in [-0.3, -0.25) is 24.1 Å². The van der Waals surface area contributed by atoms with Gasteiger partial charge in [0, 0.05) is 25.5 Å². The molecule has 0 N–H and O–H groups in total. The fourth-order valence-electron chi connectivity index (χ4n) is 2.59. The van der Waals surface area contributed by atoms with Crippen LogP contribution in [0.2, 0.25) is 0 Å². The number of para-hydroxylation sites is 1. The number of rotatable bonds is 3. The third kappa shape index (κ3) is 5.01. The topological polar surface area (TPSA) is 74.8 Å². The van der Waals surface area contributed by atoms with Crippen LogP contribution in [0.15, 0.2) is 66.7 Å². The van der Waals surface area contributed by atoms with E-state index in [0.29, 0.717) is 17.8 Å². The van der Waals surface area contributed by atoms with Crippen molar-refractivity contribution in [2.45, 2.75) is 27.2 Å². The first-order chi connectivity index (χ1) is 13.3. The molecular weight excluding hydrogens is 356 g/mol. The lowest BCUT2D eigenvalue weighted by atomic mass is 10.2. The number of hydrogen-bond donors (Lipinski definition) is 0. The Bertz CT molecular complexity index is 884. The molecule has 1 aliphatic rings. The molecule has 0 aliphatic carbocycles. The first-order valence-corrected chi connectivity index (χ1v) is 8.86. The minimum Gasteiger partial charge on any atom is -0.274 e. The van der Waals surface area contributed by atoms with Gasteiger partial charge in [0.05, 0.1) is 11.4 Å². The summed E-state index contributed by atoms with van der Waals surface area (Å²) in [5.41, 5.74) is 2.35. The highest BCUT2D eigenvalue weighted by molar-refractivity contribution is 6.28. The Morgan fingerprint density at radius 1 is 0.893 bits per heavy atom. The number of aryl methyl sites for hydroxylation is 1. The molecule has 0 radical (unpaired) electrons. The first-order valence-electron chi connectivity index (χ1n) is 8.86. The molecule has 6 heteroatoms. The van der Waals surface area contributed by atoms with Gasteiger partial charge in [-0.05, 0) is 31.2 Å². The van der Waals surface area contributed by atoms with Crippen molar-refractivity contribution >= 4 is 35.0 Å². The number of hydrogen-bond acceptors (Lipinski definition) is 4. The van der Waals surface area contributed by atoms with Crippen LogP contribution >= 0.6 is 0 Å². The average Bonchev–Trinajstić information content (AvgIpc) is 3.02. The third-order valence-electron chi connectivity index (χ3n) is 3.98. The molecule has 0 atom stereocenters. The summed E-state index contributed by atoms with van der Waals surface area (Å²) in [5.74, 6) is -0.982. The van der Waals surface area contributed by atoms with E-state index in [1.807, 2.05) is 25.1 Å². The van der Waals surface area contributed by atoms with Gasteiger partial charge in [-0.2, -0.15) is 0 Å². The van der Waals surface area contributed by atoms with Crippen LogP contribution in [0, 0.1) is 6.92 Å². The number of amides is 4. The fourth-order valence-corrected chi connectivity index (χ4v) is 2.59. The second-order valence-electron chi connectivity index (χ2n) is 6.12. The quantitative estimate of drug-likeness (QED) is 0.767. The lowest BCUT2D eigenvalue weighted by Gasteiger charge is -2.17. The molecule has 2 aromatic rings. The summed E-state index contributed by atoms with van der Waals surface area (Å²) in [6, 6.07) is 16.2. The van der Waals surface area contributed by atoms with E-state index in [-0.39, 0.29) is 23.6 Å². The van der Waals surface area contributed by atoms with E-state index < -0.39 is 0 Å². The zero-order valence-electron chi connectivity index (χ0n) is 16.1. The molecule has 0 aromatic heterocycles. The molecule has 0 saturated carbocycles. The second kappa shape index (κ2) is 9.41. The maximum absolute atomic E-state index is 11.5. The molecule has 144 valence electrons. The summed E-state index contributed by atoms with van der Waals surface area (Å²) in [6.07, 6.45) is 2.89. The van der Waals surface area contributed by atoms with Gasteiger partial charge in [-0.25, -0.2) is 4.90 Å². The zero-order valence-corrected chi connectivity index (χ0v) is 16.1. The smallest absolute Gasteiger partial charge is 0.258 e. The number of carbonyl (C=O) groups excluding carboxylic acids is 4. The van der Waals surface area contributed by atoms with Crippen LogP contribution in [-0.4, -0.2) is 23.6 Å². The highest BCUT2D eigenvalue weighted by Gasteiger charge is 2.24. The SMILES string of the molecule is CCC(=O)N(C(C)=O)c1ccccc1.Cc1ccc(N2C(=O)C=CC2=O)cc1. The molecule has 1 heterocycles. The van der Waals surface area contributed by atoms with E-state index in [2.05, 4.69) is 0 Å². The fraction of sp³-hybridized carbons (Fsp3) is 0.182. The van der Waals surface area contributed by atoms with E-state index in [1.165, 1.54) is 24.0 Å². The van der Waals surface area contributed by atoms with Gasteiger partial charge >= 0.3 is 0 Å². The Morgan fingerprint density at radius 2 is 1.43 bits per heavy atom. The van der Waals surface area contributed by atoms with Gasteiger partial charge in [0.25, 0.3) is 11.8 Å². The largest absolute Gasteiger partial charge is 0.274 e. The van der Waals surface area contributed by atoms with Crippen molar-refractivity contribution in [1.29, 1.82) is 0 Å². The minimum absolute atomic E-state index is 0.177. The molecule has 28 heavy (non-hydrogen) atoms. The van der Waals surface area contributed by atoms with E-state index in [9.17, 15) is 19.2 Å². The summed E-state index contributed by atoms with van der Waals surface area (Å²) in [7, 11) is 0. The van der Waals surface area contributed by atoms with Crippen LogP contribution in [0.5, 0.6) is 0 Å². The molecule has 2 aromatic carbocycles. The minimum atomic E-state index is -0.279. The zero-order chi connectivity index (χ0) is 20.7. The normalized spacial score (nSPS) is 12.5. The van der Waals surface area contributed by atoms with Gasteiger partial charge < -0.3 is 0 Å². The Labute approximate surface area is 164 Å². The van der Waals surface area contributed by atoms with Crippen molar-refractivity contribution in [2.24, 2.45) is 0 Å². The van der Waals surface area contributed by atoms with Crippen molar-refractivity contribution in [3.8, 4) is 0 Å². The number of benzene rings is 2. The monoisotopic (exact) mass is 378 g/mol. The first kappa shape index (κ1) is 20.8. The molecule has 1 aliphatic heterocycles. The number of imide groups is 2. The molecule has 3 rings (SSSR count). The molecule has 0 unspecified atom stereocenters. The van der Waals surface area contributed by atoms with Gasteiger partial charge in [0.15, 0.2) is 0 Å². The van der Waals surface area contributed by atoms with Crippen LogP contribution in [-0.2, 0) is 19.2 Å².